The summed E-state index contributed by atoms with van der Waals surface area (Å²) in [6, 6.07) is 15.9. The molecule has 1 fully saturated rings. The number of nitrogens with zero attached hydrogens (tertiary/aromatic N) is 2. The van der Waals surface area contributed by atoms with Gasteiger partial charge >= 0.3 is 0 Å². The van der Waals surface area contributed by atoms with Crippen molar-refractivity contribution >= 4 is 29.0 Å². The van der Waals surface area contributed by atoms with E-state index in [9.17, 15) is 9.59 Å². The molecule has 0 spiro atoms. The molecule has 7 heteroatoms. The van der Waals surface area contributed by atoms with E-state index in [1.165, 1.54) is 4.90 Å². The van der Waals surface area contributed by atoms with Crippen molar-refractivity contribution in [3.63, 3.8) is 0 Å². The van der Waals surface area contributed by atoms with Gasteiger partial charge in [0.2, 0.25) is 0 Å². The maximum Gasteiger partial charge on any atom is 0.293 e. The first-order chi connectivity index (χ1) is 16.8. The third-order valence-electron chi connectivity index (χ3n) is 5.95. The molecule has 1 aromatic heterocycles. The molecule has 2 amide bonds. The molecule has 0 atom stereocenters. The summed E-state index contributed by atoms with van der Waals surface area (Å²) < 4.78 is 13.5. The molecular formula is C28H30N2O4S. The molecule has 0 unspecified atom stereocenters. The van der Waals surface area contributed by atoms with Gasteiger partial charge < -0.3 is 14.0 Å². The van der Waals surface area contributed by atoms with Crippen LogP contribution < -0.4 is 9.47 Å². The topological polar surface area (TPSA) is 60.8 Å². The molecule has 0 N–H and O–H groups in total. The van der Waals surface area contributed by atoms with Crippen molar-refractivity contribution in [2.45, 2.75) is 34.6 Å². The van der Waals surface area contributed by atoms with Crippen molar-refractivity contribution in [2.24, 2.45) is 0 Å². The van der Waals surface area contributed by atoms with Gasteiger partial charge in [-0.2, -0.15) is 0 Å². The summed E-state index contributed by atoms with van der Waals surface area (Å²) in [4.78, 5) is 27.2. The van der Waals surface area contributed by atoms with Crippen LogP contribution in [0.2, 0.25) is 0 Å². The van der Waals surface area contributed by atoms with E-state index in [-0.39, 0.29) is 24.3 Å². The van der Waals surface area contributed by atoms with Crippen molar-refractivity contribution < 1.29 is 19.1 Å². The molecule has 0 radical (unpaired) electrons. The standard InChI is InChI=1S/C28H30N2O4S/c1-6-33-24-11-9-23(10-12-24)30-20(4)16-22(21(30)5)17-26-27(31)29(28(32)35-26)13-14-34-25-15-18(2)7-8-19(25)3/h7-12,15-17H,6,13-14H2,1-5H3/b26-17-. The van der Waals surface area contributed by atoms with Crippen LogP contribution in [0.5, 0.6) is 11.5 Å². The van der Waals surface area contributed by atoms with Gasteiger partial charge in [0.15, 0.2) is 0 Å². The second kappa shape index (κ2) is 10.4. The minimum atomic E-state index is -0.282. The minimum Gasteiger partial charge on any atom is -0.494 e. The van der Waals surface area contributed by atoms with Crippen LogP contribution in [0.4, 0.5) is 4.79 Å². The van der Waals surface area contributed by atoms with E-state index in [4.69, 9.17) is 9.47 Å². The number of amides is 2. The molecular weight excluding hydrogens is 460 g/mol. The Morgan fingerprint density at radius 3 is 2.40 bits per heavy atom. The summed E-state index contributed by atoms with van der Waals surface area (Å²) in [5.41, 5.74) is 6.08. The van der Waals surface area contributed by atoms with E-state index in [1.54, 1.807) is 0 Å². The molecule has 1 saturated heterocycles. The number of rotatable bonds is 8. The highest BCUT2D eigenvalue weighted by Crippen LogP contribution is 2.34. The zero-order valence-electron chi connectivity index (χ0n) is 20.8. The molecule has 6 nitrogen and oxygen atoms in total. The number of thioether (sulfide) groups is 1. The van der Waals surface area contributed by atoms with Gasteiger partial charge in [0.05, 0.1) is 18.1 Å². The summed E-state index contributed by atoms with van der Waals surface area (Å²) in [6.45, 7) is 11.1. The molecule has 0 saturated carbocycles. The second-order valence-corrected chi connectivity index (χ2v) is 9.53. The molecule has 2 heterocycles. The largest absolute Gasteiger partial charge is 0.494 e. The van der Waals surface area contributed by atoms with E-state index in [0.29, 0.717) is 11.5 Å². The SMILES string of the molecule is CCOc1ccc(-n2c(C)cc(/C=C3\SC(=O)N(CCOc4cc(C)ccc4C)C3=O)c2C)cc1. The van der Waals surface area contributed by atoms with Crippen molar-refractivity contribution in [1.29, 1.82) is 0 Å². The summed E-state index contributed by atoms with van der Waals surface area (Å²) in [5.74, 6) is 1.32. The lowest BCUT2D eigenvalue weighted by Gasteiger charge is -2.14. The molecule has 1 aliphatic rings. The van der Waals surface area contributed by atoms with Crippen LogP contribution in [0.1, 0.15) is 35.0 Å². The quantitative estimate of drug-likeness (QED) is 0.351. The van der Waals surface area contributed by atoms with Gasteiger partial charge in [0.25, 0.3) is 11.1 Å². The smallest absolute Gasteiger partial charge is 0.293 e. The maximum atomic E-state index is 13.0. The van der Waals surface area contributed by atoms with Crippen LogP contribution in [0, 0.1) is 27.7 Å². The van der Waals surface area contributed by atoms with Gasteiger partial charge in [-0.3, -0.25) is 14.5 Å². The Hall–Kier alpha value is -3.45. The van der Waals surface area contributed by atoms with E-state index in [2.05, 4.69) is 4.57 Å². The van der Waals surface area contributed by atoms with Gasteiger partial charge in [0, 0.05) is 17.1 Å². The Labute approximate surface area is 210 Å². The zero-order chi connectivity index (χ0) is 25.1. The molecule has 2 aromatic carbocycles. The van der Waals surface area contributed by atoms with Crippen molar-refractivity contribution in [1.82, 2.24) is 9.47 Å². The van der Waals surface area contributed by atoms with Crippen LogP contribution in [-0.4, -0.2) is 40.4 Å². The van der Waals surface area contributed by atoms with Crippen LogP contribution in [-0.2, 0) is 4.79 Å². The van der Waals surface area contributed by atoms with E-state index < -0.39 is 0 Å². The summed E-state index contributed by atoms with van der Waals surface area (Å²) >= 11 is 0.973. The maximum absolute atomic E-state index is 13.0. The lowest BCUT2D eigenvalue weighted by Crippen LogP contribution is -2.32. The zero-order valence-corrected chi connectivity index (χ0v) is 21.6. The predicted octanol–water partition coefficient (Wildman–Crippen LogP) is 6.22. The first-order valence-electron chi connectivity index (χ1n) is 11.7. The molecule has 0 aliphatic carbocycles. The van der Waals surface area contributed by atoms with Gasteiger partial charge in [-0.05, 0) is 106 Å². The third-order valence-corrected chi connectivity index (χ3v) is 6.86. The fourth-order valence-electron chi connectivity index (χ4n) is 4.13. The predicted molar refractivity (Wildman–Crippen MR) is 140 cm³/mol. The van der Waals surface area contributed by atoms with Gasteiger partial charge in [-0.15, -0.1) is 0 Å². The molecule has 4 rings (SSSR count). The van der Waals surface area contributed by atoms with Crippen LogP contribution in [0.15, 0.2) is 53.4 Å². The Kier molecular flexibility index (Phi) is 7.36. The number of carbonyl (C=O) groups is 2. The molecule has 35 heavy (non-hydrogen) atoms. The fraction of sp³-hybridized carbons (Fsp3) is 0.286. The number of benzene rings is 2. The highest BCUT2D eigenvalue weighted by Gasteiger charge is 2.35. The Balaban J connectivity index is 1.48. The lowest BCUT2D eigenvalue weighted by atomic mass is 10.1. The summed E-state index contributed by atoms with van der Waals surface area (Å²) in [7, 11) is 0. The van der Waals surface area contributed by atoms with E-state index >= 15 is 0 Å². The molecule has 182 valence electrons. The van der Waals surface area contributed by atoms with Crippen molar-refractivity contribution in [3.05, 3.63) is 81.5 Å². The van der Waals surface area contributed by atoms with Gasteiger partial charge in [0.1, 0.15) is 18.1 Å². The number of hydrogen-bond acceptors (Lipinski definition) is 5. The number of aromatic nitrogens is 1. The monoisotopic (exact) mass is 490 g/mol. The number of imide groups is 1. The van der Waals surface area contributed by atoms with Crippen LogP contribution in [0.25, 0.3) is 11.8 Å². The number of ether oxygens (including phenoxy) is 2. The average molecular weight is 491 g/mol. The highest BCUT2D eigenvalue weighted by atomic mass is 32.2. The Morgan fingerprint density at radius 1 is 0.943 bits per heavy atom. The molecule has 0 bridgehead atoms. The number of aryl methyl sites for hydroxylation is 3. The minimum absolute atomic E-state index is 0.209. The van der Waals surface area contributed by atoms with E-state index in [1.807, 2.05) is 89.2 Å². The molecule has 1 aliphatic heterocycles. The number of carbonyl (C=O) groups excluding carboxylic acids is 2. The van der Waals surface area contributed by atoms with Crippen molar-refractivity contribution in [3.8, 4) is 17.2 Å². The Bertz CT molecular complexity index is 1290. The van der Waals surface area contributed by atoms with E-state index in [0.717, 1.165) is 57.0 Å². The first kappa shape index (κ1) is 24.7. The average Bonchev–Trinajstić information content (AvgIpc) is 3.25. The molecule has 3 aromatic rings. The van der Waals surface area contributed by atoms with Crippen LogP contribution >= 0.6 is 11.8 Å². The number of hydrogen-bond donors (Lipinski definition) is 0. The lowest BCUT2D eigenvalue weighted by molar-refractivity contribution is -0.123. The normalized spacial score (nSPS) is 14.8. The highest BCUT2D eigenvalue weighted by molar-refractivity contribution is 8.18. The van der Waals surface area contributed by atoms with Gasteiger partial charge in [-0.25, -0.2) is 0 Å². The third kappa shape index (κ3) is 5.30. The van der Waals surface area contributed by atoms with Crippen molar-refractivity contribution in [2.75, 3.05) is 19.8 Å². The summed E-state index contributed by atoms with van der Waals surface area (Å²) in [6.07, 6.45) is 1.81. The summed E-state index contributed by atoms with van der Waals surface area (Å²) in [5, 5.41) is -0.272. The van der Waals surface area contributed by atoms with Gasteiger partial charge in [-0.1, -0.05) is 12.1 Å². The second-order valence-electron chi connectivity index (χ2n) is 8.54. The Morgan fingerprint density at radius 2 is 1.69 bits per heavy atom. The fourth-order valence-corrected chi connectivity index (χ4v) is 4.99. The first-order valence-corrected chi connectivity index (χ1v) is 12.5. The van der Waals surface area contributed by atoms with Crippen LogP contribution in [0.3, 0.4) is 0 Å².